The van der Waals surface area contributed by atoms with E-state index < -0.39 is 0 Å². The molecule has 0 amide bonds. The van der Waals surface area contributed by atoms with Gasteiger partial charge < -0.3 is 14.7 Å². The van der Waals surface area contributed by atoms with E-state index in [2.05, 4.69) is 22.4 Å². The first-order chi connectivity index (χ1) is 15.5. The van der Waals surface area contributed by atoms with Crippen molar-refractivity contribution >= 4 is 22.9 Å². The van der Waals surface area contributed by atoms with Gasteiger partial charge >= 0.3 is 0 Å². The highest BCUT2D eigenvalue weighted by Crippen LogP contribution is 2.37. The van der Waals surface area contributed by atoms with Crippen LogP contribution in [0.4, 0.5) is 8.78 Å². The molecular formula is C24H24F2N4OS. The Morgan fingerprint density at radius 2 is 1.69 bits per heavy atom. The van der Waals surface area contributed by atoms with Crippen molar-refractivity contribution in [1.82, 2.24) is 20.4 Å². The van der Waals surface area contributed by atoms with Gasteiger partial charge in [0.25, 0.3) is 5.89 Å². The summed E-state index contributed by atoms with van der Waals surface area (Å²) in [5, 5.41) is 8.08. The summed E-state index contributed by atoms with van der Waals surface area (Å²) in [6.45, 7) is 4.90. The van der Waals surface area contributed by atoms with Gasteiger partial charge in [-0.2, -0.15) is 4.98 Å². The second kappa shape index (κ2) is 9.56. The van der Waals surface area contributed by atoms with Gasteiger partial charge in [0.05, 0.1) is 11.6 Å². The third kappa shape index (κ3) is 4.55. The molecule has 0 bridgehead atoms. The predicted octanol–water partition coefficient (Wildman–Crippen LogP) is 5.87. The van der Waals surface area contributed by atoms with Crippen molar-refractivity contribution in [3.8, 4) is 11.4 Å². The average Bonchev–Trinajstić information content (AvgIpc) is 3.26. The number of nitrogens with one attached hydrogen (secondary N) is 1. The second-order valence-corrected chi connectivity index (χ2v) is 8.11. The zero-order chi connectivity index (χ0) is 22.7. The Hall–Kier alpha value is -3.13. The fraction of sp³-hybridized carbons (Fsp3) is 0.292. The lowest BCUT2D eigenvalue weighted by atomic mass is 9.94. The van der Waals surface area contributed by atoms with Gasteiger partial charge in [-0.15, -0.1) is 0 Å². The summed E-state index contributed by atoms with van der Waals surface area (Å²) < 4.78 is 32.5. The van der Waals surface area contributed by atoms with Crippen LogP contribution in [-0.4, -0.2) is 26.7 Å². The summed E-state index contributed by atoms with van der Waals surface area (Å²) >= 11 is 5.66. The minimum absolute atomic E-state index is 0.313. The van der Waals surface area contributed by atoms with Crippen LogP contribution in [0.1, 0.15) is 50.6 Å². The molecule has 0 aliphatic carbocycles. The maximum absolute atomic E-state index is 13.5. The lowest BCUT2D eigenvalue weighted by molar-refractivity contribution is 0.395. The number of hydrogen-bond donors (Lipinski definition) is 1. The Bertz CT molecular complexity index is 1130. The summed E-state index contributed by atoms with van der Waals surface area (Å²) in [6.07, 6.45) is 3.19. The van der Waals surface area contributed by atoms with Crippen LogP contribution < -0.4 is 5.32 Å². The maximum atomic E-state index is 13.5. The van der Waals surface area contributed by atoms with Crippen LogP contribution in [0.25, 0.3) is 17.0 Å². The molecular weight excluding hydrogens is 430 g/mol. The largest absolute Gasteiger partial charge is 0.351 e. The molecule has 8 heteroatoms. The van der Waals surface area contributed by atoms with E-state index in [9.17, 15) is 8.78 Å². The number of halogens is 2. The lowest BCUT2D eigenvalue weighted by Crippen LogP contribution is -2.46. The molecule has 1 aliphatic rings. The molecule has 0 spiro atoms. The fourth-order valence-corrected chi connectivity index (χ4v) is 4.15. The van der Waals surface area contributed by atoms with Crippen LogP contribution in [0.3, 0.4) is 0 Å². The third-order valence-electron chi connectivity index (χ3n) is 5.54. The number of benzene rings is 2. The van der Waals surface area contributed by atoms with E-state index in [-0.39, 0.29) is 17.7 Å². The predicted molar refractivity (Wildman–Crippen MR) is 123 cm³/mol. The number of aromatic nitrogens is 2. The van der Waals surface area contributed by atoms with Gasteiger partial charge in [-0.25, -0.2) is 8.78 Å². The zero-order valence-electron chi connectivity index (χ0n) is 17.9. The summed E-state index contributed by atoms with van der Waals surface area (Å²) in [5.41, 5.74) is 3.17. The van der Waals surface area contributed by atoms with Crippen LogP contribution >= 0.6 is 12.2 Å². The molecule has 0 saturated heterocycles. The van der Waals surface area contributed by atoms with Crippen molar-refractivity contribution in [2.24, 2.45) is 0 Å². The molecule has 2 aromatic carbocycles. The van der Waals surface area contributed by atoms with Crippen LogP contribution in [0, 0.1) is 11.6 Å². The van der Waals surface area contributed by atoms with Crippen LogP contribution in [0.15, 0.2) is 58.8 Å². The van der Waals surface area contributed by atoms with Crippen molar-refractivity contribution in [2.45, 2.75) is 39.2 Å². The molecule has 2 heterocycles. The van der Waals surface area contributed by atoms with Gasteiger partial charge in [-0.1, -0.05) is 37.1 Å². The third-order valence-corrected chi connectivity index (χ3v) is 5.88. The zero-order valence-corrected chi connectivity index (χ0v) is 18.8. The smallest absolute Gasteiger partial charge is 0.258 e. The topological polar surface area (TPSA) is 54.2 Å². The number of unbranched alkanes of at least 4 members (excludes halogenated alkanes) is 2. The molecule has 166 valence electrons. The molecule has 1 aromatic heterocycles. The first-order valence-electron chi connectivity index (χ1n) is 10.6. The first kappa shape index (κ1) is 22.1. The molecule has 1 atom stereocenters. The number of allylic oxidation sites excluding steroid dienone is 1. The first-order valence-corrected chi connectivity index (χ1v) is 11.0. The van der Waals surface area contributed by atoms with E-state index in [1.54, 1.807) is 24.3 Å². The minimum atomic E-state index is -0.368. The van der Waals surface area contributed by atoms with E-state index in [4.69, 9.17) is 16.7 Å². The van der Waals surface area contributed by atoms with Gasteiger partial charge in [-0.3, -0.25) is 0 Å². The highest BCUT2D eigenvalue weighted by atomic mass is 32.1. The quantitative estimate of drug-likeness (QED) is 0.356. The summed E-state index contributed by atoms with van der Waals surface area (Å²) in [4.78, 5) is 6.64. The SMILES string of the molecule is CCCCCN1C(=S)NC(c2ccc(F)cc2)C(c2nc(-c3ccc(F)cc3)no2)=C1C. The summed E-state index contributed by atoms with van der Waals surface area (Å²) in [6, 6.07) is 11.8. The van der Waals surface area contributed by atoms with Gasteiger partial charge in [0.1, 0.15) is 11.6 Å². The minimum Gasteiger partial charge on any atom is -0.351 e. The standard InChI is InChI=1S/C24H24F2N4OS/c1-3-4-5-14-30-15(2)20(21(27-24(30)32)16-6-10-18(25)11-7-16)23-28-22(29-31-23)17-8-12-19(26)13-9-17/h6-13,21H,3-5,14H2,1-2H3,(H,27,32). The second-order valence-electron chi connectivity index (χ2n) is 7.72. The van der Waals surface area contributed by atoms with Gasteiger partial charge in [-0.05, 0) is 67.5 Å². The van der Waals surface area contributed by atoms with Gasteiger partial charge in [0.2, 0.25) is 5.82 Å². The molecule has 3 aromatic rings. The van der Waals surface area contributed by atoms with Gasteiger partial charge in [0, 0.05) is 17.8 Å². The van der Waals surface area contributed by atoms with Crippen molar-refractivity contribution in [1.29, 1.82) is 0 Å². The number of rotatable bonds is 7. The fourth-order valence-electron chi connectivity index (χ4n) is 3.80. The van der Waals surface area contributed by atoms with Crippen LogP contribution in [0.2, 0.25) is 0 Å². The average molecular weight is 455 g/mol. The summed E-state index contributed by atoms with van der Waals surface area (Å²) in [5.74, 6) is 0.0579. The summed E-state index contributed by atoms with van der Waals surface area (Å²) in [7, 11) is 0. The molecule has 5 nitrogen and oxygen atoms in total. The lowest BCUT2D eigenvalue weighted by Gasteiger charge is -2.37. The highest BCUT2D eigenvalue weighted by molar-refractivity contribution is 7.80. The Balaban J connectivity index is 1.76. The monoisotopic (exact) mass is 454 g/mol. The van der Waals surface area contributed by atoms with E-state index in [0.717, 1.165) is 42.6 Å². The molecule has 4 rings (SSSR count). The molecule has 0 radical (unpaired) electrons. The van der Waals surface area contributed by atoms with Crippen molar-refractivity contribution in [2.75, 3.05) is 6.54 Å². The van der Waals surface area contributed by atoms with Gasteiger partial charge in [0.15, 0.2) is 5.11 Å². The highest BCUT2D eigenvalue weighted by Gasteiger charge is 2.33. The maximum Gasteiger partial charge on any atom is 0.258 e. The van der Waals surface area contributed by atoms with E-state index in [0.29, 0.717) is 22.4 Å². The van der Waals surface area contributed by atoms with Crippen LogP contribution in [-0.2, 0) is 0 Å². The molecule has 0 saturated carbocycles. The van der Waals surface area contributed by atoms with Crippen molar-refractivity contribution in [3.05, 3.63) is 77.3 Å². The molecule has 0 fully saturated rings. The number of thiocarbonyl (C=S) groups is 1. The molecule has 1 N–H and O–H groups in total. The number of hydrogen-bond acceptors (Lipinski definition) is 4. The Morgan fingerprint density at radius 3 is 2.34 bits per heavy atom. The van der Waals surface area contributed by atoms with Crippen LogP contribution in [0.5, 0.6) is 0 Å². The van der Waals surface area contributed by atoms with E-state index in [1.807, 2.05) is 11.8 Å². The molecule has 1 unspecified atom stereocenters. The van der Waals surface area contributed by atoms with Crippen molar-refractivity contribution in [3.63, 3.8) is 0 Å². The Kier molecular flexibility index (Phi) is 6.60. The Labute approximate surface area is 191 Å². The normalized spacial score (nSPS) is 16.4. The molecule has 32 heavy (non-hydrogen) atoms. The number of nitrogens with zero attached hydrogens (tertiary/aromatic N) is 3. The van der Waals surface area contributed by atoms with E-state index in [1.165, 1.54) is 24.3 Å². The molecule has 1 aliphatic heterocycles. The Morgan fingerprint density at radius 1 is 1.03 bits per heavy atom. The van der Waals surface area contributed by atoms with Crippen molar-refractivity contribution < 1.29 is 13.3 Å². The van der Waals surface area contributed by atoms with E-state index >= 15 is 0 Å².